The number of hydrogen-bond donors (Lipinski definition) is 0. The predicted octanol–water partition coefficient (Wildman–Crippen LogP) is 3.47. The van der Waals surface area contributed by atoms with Crippen molar-refractivity contribution in [3.05, 3.63) is 59.1 Å². The van der Waals surface area contributed by atoms with Crippen LogP contribution in [0, 0.1) is 0 Å². The molecule has 120 valence electrons. The average Bonchev–Trinajstić information content (AvgIpc) is 2.61. The summed E-state index contributed by atoms with van der Waals surface area (Å²) in [5.74, 6) is 1.46. The van der Waals surface area contributed by atoms with Crippen LogP contribution < -0.4 is 0 Å². The van der Waals surface area contributed by atoms with Gasteiger partial charge in [-0.2, -0.15) is 0 Å². The van der Waals surface area contributed by atoms with Crippen molar-refractivity contribution < 1.29 is 4.79 Å². The van der Waals surface area contributed by atoms with Gasteiger partial charge in [0, 0.05) is 43.3 Å². The molecule has 1 fully saturated rings. The molecule has 1 aliphatic heterocycles. The third-order valence-corrected chi connectivity index (χ3v) is 4.62. The molecular weight excluding hydrogens is 310 g/mol. The van der Waals surface area contributed by atoms with Crippen molar-refractivity contribution in [1.82, 2.24) is 14.9 Å². The molecule has 1 aromatic heterocycles. The van der Waals surface area contributed by atoms with E-state index in [4.69, 9.17) is 11.6 Å². The molecule has 1 aromatic carbocycles. The van der Waals surface area contributed by atoms with Crippen LogP contribution in [-0.4, -0.2) is 33.9 Å². The predicted molar refractivity (Wildman–Crippen MR) is 90.4 cm³/mol. The van der Waals surface area contributed by atoms with Gasteiger partial charge in [-0.15, -0.1) is 0 Å². The van der Waals surface area contributed by atoms with Crippen LogP contribution in [0.1, 0.15) is 36.6 Å². The molecule has 0 radical (unpaired) electrons. The van der Waals surface area contributed by atoms with Crippen molar-refractivity contribution in [2.24, 2.45) is 0 Å². The van der Waals surface area contributed by atoms with Crippen molar-refractivity contribution in [3.8, 4) is 0 Å². The average molecular weight is 330 g/mol. The lowest BCUT2D eigenvalue weighted by Gasteiger charge is -2.32. The molecule has 0 spiro atoms. The Bertz CT molecular complexity index is 637. The van der Waals surface area contributed by atoms with E-state index in [-0.39, 0.29) is 5.91 Å². The van der Waals surface area contributed by atoms with Crippen LogP contribution in [0.4, 0.5) is 0 Å². The van der Waals surface area contributed by atoms with Gasteiger partial charge in [0.05, 0.1) is 0 Å². The molecule has 1 amide bonds. The molecule has 0 bridgehead atoms. The third-order valence-electron chi connectivity index (χ3n) is 4.37. The molecule has 5 heteroatoms. The number of rotatable bonds is 4. The molecule has 3 rings (SSSR count). The van der Waals surface area contributed by atoms with E-state index in [9.17, 15) is 4.79 Å². The summed E-state index contributed by atoms with van der Waals surface area (Å²) in [4.78, 5) is 22.6. The molecule has 23 heavy (non-hydrogen) atoms. The number of hydrogen-bond acceptors (Lipinski definition) is 3. The quantitative estimate of drug-likeness (QED) is 0.862. The lowest BCUT2D eigenvalue weighted by molar-refractivity contribution is -0.132. The monoisotopic (exact) mass is 329 g/mol. The van der Waals surface area contributed by atoms with Crippen LogP contribution in [0.15, 0.2) is 42.7 Å². The molecule has 1 aliphatic rings. The zero-order chi connectivity index (χ0) is 16.1. The molecule has 0 aliphatic carbocycles. The first-order valence-corrected chi connectivity index (χ1v) is 8.39. The summed E-state index contributed by atoms with van der Waals surface area (Å²) in [6, 6.07) is 9.85. The Morgan fingerprint density at radius 3 is 2.43 bits per heavy atom. The maximum atomic E-state index is 12.3. The standard InChI is InChI=1S/C18H20ClN3O/c19-16-4-2-14(3-5-16)15-8-12-22(13-9-15)18(23)7-6-17-20-10-1-11-21-17/h1-5,10-11,15H,6-9,12-13H2. The van der Waals surface area contributed by atoms with Gasteiger partial charge in [-0.1, -0.05) is 23.7 Å². The summed E-state index contributed by atoms with van der Waals surface area (Å²) in [5, 5.41) is 0.768. The minimum absolute atomic E-state index is 0.201. The number of benzene rings is 1. The maximum Gasteiger partial charge on any atom is 0.223 e. The second-order valence-corrected chi connectivity index (χ2v) is 6.31. The SMILES string of the molecule is O=C(CCc1ncccn1)N1CCC(c2ccc(Cl)cc2)CC1. The van der Waals surface area contributed by atoms with Crippen molar-refractivity contribution in [2.45, 2.75) is 31.6 Å². The van der Waals surface area contributed by atoms with Gasteiger partial charge in [-0.25, -0.2) is 9.97 Å². The van der Waals surface area contributed by atoms with Gasteiger partial charge in [0.25, 0.3) is 0 Å². The molecule has 0 atom stereocenters. The van der Waals surface area contributed by atoms with E-state index in [0.717, 1.165) is 36.8 Å². The fraction of sp³-hybridized carbons (Fsp3) is 0.389. The smallest absolute Gasteiger partial charge is 0.223 e. The third kappa shape index (κ3) is 4.29. The number of aromatic nitrogens is 2. The lowest BCUT2D eigenvalue weighted by atomic mass is 9.89. The highest BCUT2D eigenvalue weighted by atomic mass is 35.5. The van der Waals surface area contributed by atoms with Crippen LogP contribution >= 0.6 is 11.6 Å². The number of halogens is 1. The van der Waals surface area contributed by atoms with Gasteiger partial charge in [0.15, 0.2) is 0 Å². The second-order valence-electron chi connectivity index (χ2n) is 5.87. The highest BCUT2D eigenvalue weighted by Gasteiger charge is 2.23. The van der Waals surface area contributed by atoms with Gasteiger partial charge >= 0.3 is 0 Å². The van der Waals surface area contributed by atoms with Crippen molar-refractivity contribution in [2.75, 3.05) is 13.1 Å². The van der Waals surface area contributed by atoms with Gasteiger partial charge in [0.1, 0.15) is 5.82 Å². The molecule has 0 N–H and O–H groups in total. The van der Waals surface area contributed by atoms with Crippen LogP contribution in [-0.2, 0) is 11.2 Å². The molecule has 2 heterocycles. The zero-order valence-corrected chi connectivity index (χ0v) is 13.7. The lowest BCUT2D eigenvalue weighted by Crippen LogP contribution is -2.38. The van der Waals surface area contributed by atoms with Gasteiger partial charge in [-0.3, -0.25) is 4.79 Å². The molecular formula is C18H20ClN3O. The van der Waals surface area contributed by atoms with Gasteiger partial charge in [0.2, 0.25) is 5.91 Å². The second kappa shape index (κ2) is 7.55. The highest BCUT2D eigenvalue weighted by Crippen LogP contribution is 2.29. The Morgan fingerprint density at radius 1 is 1.13 bits per heavy atom. The van der Waals surface area contributed by atoms with Crippen molar-refractivity contribution in [3.63, 3.8) is 0 Å². The summed E-state index contributed by atoms with van der Waals surface area (Å²) in [6.07, 6.45) is 6.53. The molecule has 1 saturated heterocycles. The first-order valence-electron chi connectivity index (χ1n) is 8.01. The number of piperidine rings is 1. The summed E-state index contributed by atoms with van der Waals surface area (Å²) < 4.78 is 0. The molecule has 2 aromatic rings. The molecule has 0 saturated carbocycles. The number of carbonyl (C=O) groups excluding carboxylic acids is 1. The van der Waals surface area contributed by atoms with E-state index in [1.807, 2.05) is 17.0 Å². The maximum absolute atomic E-state index is 12.3. The number of carbonyl (C=O) groups is 1. The topological polar surface area (TPSA) is 46.1 Å². The summed E-state index contributed by atoms with van der Waals surface area (Å²) >= 11 is 5.94. The summed E-state index contributed by atoms with van der Waals surface area (Å²) in [6.45, 7) is 1.64. The van der Waals surface area contributed by atoms with E-state index >= 15 is 0 Å². The Morgan fingerprint density at radius 2 is 1.78 bits per heavy atom. The number of aryl methyl sites for hydroxylation is 1. The van der Waals surface area contributed by atoms with Crippen molar-refractivity contribution >= 4 is 17.5 Å². The van der Waals surface area contributed by atoms with E-state index in [0.29, 0.717) is 18.8 Å². The number of amides is 1. The van der Waals surface area contributed by atoms with Crippen LogP contribution in [0.25, 0.3) is 0 Å². The normalized spacial score (nSPS) is 15.6. The van der Waals surface area contributed by atoms with Crippen molar-refractivity contribution in [1.29, 1.82) is 0 Å². The first kappa shape index (κ1) is 15.9. The van der Waals surface area contributed by atoms with E-state index in [1.54, 1.807) is 18.5 Å². The number of nitrogens with zero attached hydrogens (tertiary/aromatic N) is 3. The Labute approximate surface area is 141 Å². The fourth-order valence-corrected chi connectivity index (χ4v) is 3.16. The van der Waals surface area contributed by atoms with Gasteiger partial charge < -0.3 is 4.90 Å². The van der Waals surface area contributed by atoms with Crippen LogP contribution in [0.5, 0.6) is 0 Å². The van der Waals surface area contributed by atoms with E-state index < -0.39 is 0 Å². The fourth-order valence-electron chi connectivity index (χ4n) is 3.03. The summed E-state index contributed by atoms with van der Waals surface area (Å²) in [5.41, 5.74) is 1.32. The number of likely N-dealkylation sites (tertiary alicyclic amines) is 1. The highest BCUT2D eigenvalue weighted by molar-refractivity contribution is 6.30. The molecule has 4 nitrogen and oxygen atoms in total. The summed E-state index contributed by atoms with van der Waals surface area (Å²) in [7, 11) is 0. The minimum Gasteiger partial charge on any atom is -0.343 e. The Kier molecular flexibility index (Phi) is 5.23. The van der Waals surface area contributed by atoms with Crippen LogP contribution in [0.3, 0.4) is 0 Å². The Hall–Kier alpha value is -1.94. The zero-order valence-electron chi connectivity index (χ0n) is 13.0. The van der Waals surface area contributed by atoms with Gasteiger partial charge in [-0.05, 0) is 42.5 Å². The first-order chi connectivity index (χ1) is 11.2. The largest absolute Gasteiger partial charge is 0.343 e. The minimum atomic E-state index is 0.201. The molecule has 0 unspecified atom stereocenters. The Balaban J connectivity index is 1.48. The van der Waals surface area contributed by atoms with Crippen LogP contribution in [0.2, 0.25) is 5.02 Å². The van der Waals surface area contributed by atoms with E-state index in [1.165, 1.54) is 5.56 Å². The van der Waals surface area contributed by atoms with E-state index in [2.05, 4.69) is 22.1 Å².